The summed E-state index contributed by atoms with van der Waals surface area (Å²) in [5.74, 6) is -0.979. The third-order valence-electron chi connectivity index (χ3n) is 8.85. The van der Waals surface area contributed by atoms with E-state index in [-0.39, 0.29) is 29.4 Å². The molecule has 0 saturated carbocycles. The van der Waals surface area contributed by atoms with E-state index in [4.69, 9.17) is 0 Å². The fourth-order valence-electron chi connectivity index (χ4n) is 6.05. The van der Waals surface area contributed by atoms with Gasteiger partial charge in [-0.2, -0.15) is 0 Å². The molecule has 1 heterocycles. The van der Waals surface area contributed by atoms with Crippen molar-refractivity contribution in [2.24, 2.45) is 0 Å². The molecular formula is C36H49N5O5S. The molecule has 47 heavy (non-hydrogen) atoms. The quantitative estimate of drug-likeness (QED) is 0.195. The molecule has 1 aliphatic heterocycles. The van der Waals surface area contributed by atoms with Gasteiger partial charge in [-0.25, -0.2) is 8.42 Å². The summed E-state index contributed by atoms with van der Waals surface area (Å²) in [6, 6.07) is 23.3. The number of nitrogens with zero attached hydrogens (tertiary/aromatic N) is 2. The lowest BCUT2D eigenvalue weighted by Crippen LogP contribution is -2.50. The molecule has 0 radical (unpaired) electrons. The van der Waals surface area contributed by atoms with Crippen LogP contribution in [0.15, 0.2) is 78.9 Å². The third-order valence-corrected chi connectivity index (χ3v) is 10.1. The Morgan fingerprint density at radius 3 is 2.13 bits per heavy atom. The standard InChI is InChI=1S/C36H49N5O5S/c1-25(2)41-18-12-17-31(41)23-37-24-34(42)33(19-27-13-8-6-9-14-27)39-36(44)30-20-29(21-32(22-30)40(4)47(5,45)46)35(43)38-26(3)28-15-10-7-11-16-28/h6-11,13-16,20-22,25-26,31,33-34,37,42H,12,17-19,23-24H2,1-5H3,(H,38,43)(H,39,44). The van der Waals surface area contributed by atoms with Gasteiger partial charge < -0.3 is 21.1 Å². The minimum atomic E-state index is -3.69. The van der Waals surface area contributed by atoms with Crippen LogP contribution in [0.1, 0.15) is 71.5 Å². The molecule has 3 aromatic rings. The highest BCUT2D eigenvalue weighted by Crippen LogP contribution is 2.23. The predicted molar refractivity (Wildman–Crippen MR) is 187 cm³/mol. The zero-order valence-corrected chi connectivity index (χ0v) is 28.8. The first-order valence-electron chi connectivity index (χ1n) is 16.3. The highest BCUT2D eigenvalue weighted by molar-refractivity contribution is 7.92. The van der Waals surface area contributed by atoms with Crippen LogP contribution in [0.4, 0.5) is 5.69 Å². The number of carbonyl (C=O) groups excluding carboxylic acids is 2. The maximum Gasteiger partial charge on any atom is 0.251 e. The van der Waals surface area contributed by atoms with Gasteiger partial charge in [-0.15, -0.1) is 0 Å². The SMILES string of the molecule is CC(NC(=O)c1cc(C(=O)NC(Cc2ccccc2)C(O)CNCC2CCCN2C(C)C)cc(N(C)S(C)(=O)=O)c1)c1ccccc1. The van der Waals surface area contributed by atoms with Crippen LogP contribution in [0.2, 0.25) is 0 Å². The monoisotopic (exact) mass is 663 g/mol. The van der Waals surface area contributed by atoms with Gasteiger partial charge in [-0.3, -0.25) is 18.8 Å². The van der Waals surface area contributed by atoms with Gasteiger partial charge in [0.05, 0.1) is 30.1 Å². The molecule has 1 aliphatic rings. The van der Waals surface area contributed by atoms with E-state index in [1.54, 1.807) is 0 Å². The van der Waals surface area contributed by atoms with Gasteiger partial charge in [0.15, 0.2) is 0 Å². The van der Waals surface area contributed by atoms with Crippen molar-refractivity contribution in [3.8, 4) is 0 Å². The minimum absolute atomic E-state index is 0.104. The lowest BCUT2D eigenvalue weighted by molar-refractivity contribution is 0.0824. The number of hydrogen-bond acceptors (Lipinski definition) is 7. The highest BCUT2D eigenvalue weighted by atomic mass is 32.2. The lowest BCUT2D eigenvalue weighted by Gasteiger charge is -2.30. The fraction of sp³-hybridized carbons (Fsp3) is 0.444. The number of likely N-dealkylation sites (tertiary alicyclic amines) is 1. The summed E-state index contributed by atoms with van der Waals surface area (Å²) in [5.41, 5.74) is 2.26. The Morgan fingerprint density at radius 2 is 1.53 bits per heavy atom. The second kappa shape index (κ2) is 16.4. The number of amides is 2. The van der Waals surface area contributed by atoms with Crippen molar-refractivity contribution in [3.05, 3.63) is 101 Å². The van der Waals surface area contributed by atoms with E-state index in [2.05, 4.69) is 34.7 Å². The molecule has 11 heteroatoms. The summed E-state index contributed by atoms with van der Waals surface area (Å²) in [6.45, 7) is 8.32. The zero-order chi connectivity index (χ0) is 34.1. The number of carbonyl (C=O) groups is 2. The maximum atomic E-state index is 13.8. The predicted octanol–water partition coefficient (Wildman–Crippen LogP) is 3.74. The highest BCUT2D eigenvalue weighted by Gasteiger charge is 2.28. The Bertz CT molecular complexity index is 1590. The van der Waals surface area contributed by atoms with Crippen LogP contribution in [0.5, 0.6) is 0 Å². The number of aliphatic hydroxyl groups is 1. The van der Waals surface area contributed by atoms with Crippen molar-refractivity contribution in [3.63, 3.8) is 0 Å². The number of nitrogens with one attached hydrogen (secondary N) is 3. The molecule has 0 bridgehead atoms. The van der Waals surface area contributed by atoms with Crippen molar-refractivity contribution in [2.45, 2.75) is 70.3 Å². The molecule has 1 saturated heterocycles. The molecule has 4 N–H and O–H groups in total. The second-order valence-corrected chi connectivity index (χ2v) is 14.7. The number of anilines is 1. The average Bonchev–Trinajstić information content (AvgIpc) is 3.53. The van der Waals surface area contributed by atoms with E-state index in [0.717, 1.165) is 47.6 Å². The Kier molecular flexibility index (Phi) is 12.6. The first-order chi connectivity index (χ1) is 22.3. The fourth-order valence-corrected chi connectivity index (χ4v) is 6.54. The molecule has 3 aromatic carbocycles. The summed E-state index contributed by atoms with van der Waals surface area (Å²) >= 11 is 0. The van der Waals surface area contributed by atoms with Crippen LogP contribution in [0, 0.1) is 0 Å². The van der Waals surface area contributed by atoms with Crippen molar-refractivity contribution < 1.29 is 23.1 Å². The maximum absolute atomic E-state index is 13.8. The smallest absolute Gasteiger partial charge is 0.251 e. The Balaban J connectivity index is 1.56. The number of rotatable bonds is 15. The zero-order valence-electron chi connectivity index (χ0n) is 28.0. The minimum Gasteiger partial charge on any atom is -0.390 e. The molecule has 4 unspecified atom stereocenters. The van der Waals surface area contributed by atoms with Gasteiger partial charge in [0.2, 0.25) is 10.0 Å². The Labute approximate surface area is 279 Å². The molecule has 0 spiro atoms. The average molecular weight is 664 g/mol. The largest absolute Gasteiger partial charge is 0.390 e. The second-order valence-electron chi connectivity index (χ2n) is 12.7. The van der Waals surface area contributed by atoms with Gasteiger partial charge in [0.25, 0.3) is 11.8 Å². The van der Waals surface area contributed by atoms with Gasteiger partial charge in [0.1, 0.15) is 0 Å². The molecule has 1 fully saturated rings. The van der Waals surface area contributed by atoms with E-state index in [9.17, 15) is 23.1 Å². The normalized spacial score (nSPS) is 17.2. The number of benzene rings is 3. The van der Waals surface area contributed by atoms with Crippen LogP contribution in [-0.4, -0.2) is 87.4 Å². The van der Waals surface area contributed by atoms with Crippen LogP contribution >= 0.6 is 0 Å². The first kappa shape index (κ1) is 36.1. The van der Waals surface area contributed by atoms with Gasteiger partial charge in [0, 0.05) is 43.3 Å². The number of aliphatic hydroxyl groups excluding tert-OH is 1. The summed E-state index contributed by atoms with van der Waals surface area (Å²) in [6.07, 6.45) is 2.77. The van der Waals surface area contributed by atoms with E-state index in [0.29, 0.717) is 18.5 Å². The van der Waals surface area contributed by atoms with Crippen molar-refractivity contribution in [1.82, 2.24) is 20.9 Å². The summed E-state index contributed by atoms with van der Waals surface area (Å²) in [5, 5.41) is 20.7. The van der Waals surface area contributed by atoms with Crippen LogP contribution in [-0.2, 0) is 16.4 Å². The van der Waals surface area contributed by atoms with E-state index in [1.807, 2.05) is 67.6 Å². The van der Waals surface area contributed by atoms with Crippen molar-refractivity contribution in [2.75, 3.05) is 37.2 Å². The molecular weight excluding hydrogens is 614 g/mol. The van der Waals surface area contributed by atoms with Gasteiger partial charge in [-0.1, -0.05) is 60.7 Å². The van der Waals surface area contributed by atoms with E-state index >= 15 is 0 Å². The van der Waals surface area contributed by atoms with E-state index in [1.165, 1.54) is 25.2 Å². The van der Waals surface area contributed by atoms with Crippen molar-refractivity contribution in [1.29, 1.82) is 0 Å². The third kappa shape index (κ3) is 10.1. The first-order valence-corrected chi connectivity index (χ1v) is 18.1. The number of sulfonamides is 1. The van der Waals surface area contributed by atoms with Gasteiger partial charge in [-0.05, 0) is 75.9 Å². The van der Waals surface area contributed by atoms with Crippen LogP contribution in [0.25, 0.3) is 0 Å². The molecule has 4 rings (SSSR count). The summed E-state index contributed by atoms with van der Waals surface area (Å²) in [7, 11) is -2.32. The topological polar surface area (TPSA) is 131 Å². The van der Waals surface area contributed by atoms with E-state index < -0.39 is 34.0 Å². The molecule has 10 nitrogen and oxygen atoms in total. The molecule has 0 aromatic heterocycles. The lowest BCUT2D eigenvalue weighted by atomic mass is 9.99. The Hall–Kier alpha value is -3.77. The van der Waals surface area contributed by atoms with Crippen LogP contribution < -0.4 is 20.3 Å². The molecule has 4 atom stereocenters. The van der Waals surface area contributed by atoms with Crippen LogP contribution in [0.3, 0.4) is 0 Å². The molecule has 254 valence electrons. The summed E-state index contributed by atoms with van der Waals surface area (Å²) < 4.78 is 26.0. The summed E-state index contributed by atoms with van der Waals surface area (Å²) in [4.78, 5) is 29.7. The molecule has 0 aliphatic carbocycles. The van der Waals surface area contributed by atoms with Gasteiger partial charge >= 0.3 is 0 Å². The molecule has 2 amide bonds. The van der Waals surface area contributed by atoms with Crippen molar-refractivity contribution >= 4 is 27.5 Å². The Morgan fingerprint density at radius 1 is 0.936 bits per heavy atom. The number of hydrogen-bond donors (Lipinski definition) is 4.